The zero-order chi connectivity index (χ0) is 20.1. The van der Waals surface area contributed by atoms with Gasteiger partial charge >= 0.3 is 0 Å². The summed E-state index contributed by atoms with van der Waals surface area (Å²) in [7, 11) is -3.28. The molecular formula is C21H16BrFN2O2S. The molecule has 4 rings (SSSR count). The molecule has 0 fully saturated rings. The first-order valence-electron chi connectivity index (χ1n) is 8.50. The molecule has 0 atom stereocenters. The second-order valence-electron chi connectivity index (χ2n) is 6.61. The summed E-state index contributed by atoms with van der Waals surface area (Å²) in [4.78, 5) is 5.07. The first-order chi connectivity index (χ1) is 13.3. The zero-order valence-electron chi connectivity index (χ0n) is 15.1. The highest BCUT2D eigenvalue weighted by atomic mass is 79.9. The first kappa shape index (κ1) is 18.8. The largest absolute Gasteiger partial charge is 0.286 e. The third-order valence-corrected chi connectivity index (χ3v) is 6.34. The highest BCUT2D eigenvalue weighted by Gasteiger charge is 2.19. The lowest BCUT2D eigenvalue weighted by Gasteiger charge is -2.08. The van der Waals surface area contributed by atoms with Crippen LogP contribution in [0.1, 0.15) is 5.56 Å². The molecule has 0 aliphatic carbocycles. The molecule has 0 amide bonds. The number of aryl methyl sites for hydroxylation is 1. The zero-order valence-corrected chi connectivity index (χ0v) is 17.6. The number of imidazole rings is 1. The van der Waals surface area contributed by atoms with Crippen LogP contribution in [0.3, 0.4) is 0 Å². The highest BCUT2D eigenvalue weighted by Crippen LogP contribution is 2.36. The maximum absolute atomic E-state index is 13.5. The van der Waals surface area contributed by atoms with E-state index in [1.165, 1.54) is 18.4 Å². The third-order valence-electron chi connectivity index (χ3n) is 4.59. The van der Waals surface area contributed by atoms with Gasteiger partial charge in [0.15, 0.2) is 9.84 Å². The summed E-state index contributed by atoms with van der Waals surface area (Å²) in [6, 6.07) is 16.8. The number of sulfone groups is 1. The molecular weight excluding hydrogens is 443 g/mol. The molecule has 28 heavy (non-hydrogen) atoms. The second kappa shape index (κ2) is 6.83. The minimum absolute atomic E-state index is 0.251. The predicted octanol–water partition coefficient (Wildman–Crippen LogP) is 5.28. The summed E-state index contributed by atoms with van der Waals surface area (Å²) in [5.41, 5.74) is 4.85. The van der Waals surface area contributed by atoms with Gasteiger partial charge in [-0.15, -0.1) is 0 Å². The van der Waals surface area contributed by atoms with Crippen molar-refractivity contribution in [2.75, 3.05) is 6.26 Å². The van der Waals surface area contributed by atoms with E-state index in [2.05, 4.69) is 15.9 Å². The number of halogens is 2. The highest BCUT2D eigenvalue weighted by molar-refractivity contribution is 9.10. The molecule has 2 heterocycles. The summed E-state index contributed by atoms with van der Waals surface area (Å²) in [5.74, 6) is -0.313. The van der Waals surface area contributed by atoms with E-state index in [0.29, 0.717) is 5.69 Å². The van der Waals surface area contributed by atoms with Gasteiger partial charge in [0.2, 0.25) is 0 Å². The molecule has 0 aliphatic rings. The Bertz CT molecular complexity index is 1300. The summed E-state index contributed by atoms with van der Waals surface area (Å²) < 4.78 is 39.8. The summed E-state index contributed by atoms with van der Waals surface area (Å²) in [6.45, 7) is 1.97. The van der Waals surface area contributed by atoms with Crippen molar-refractivity contribution in [3.05, 3.63) is 76.6 Å². The van der Waals surface area contributed by atoms with Gasteiger partial charge in [0.05, 0.1) is 20.9 Å². The van der Waals surface area contributed by atoms with E-state index in [9.17, 15) is 12.8 Å². The number of hydrogen-bond acceptors (Lipinski definition) is 3. The average Bonchev–Trinajstić information content (AvgIpc) is 3.07. The molecule has 0 N–H and O–H groups in total. The van der Waals surface area contributed by atoms with Crippen LogP contribution in [0.15, 0.2) is 70.2 Å². The van der Waals surface area contributed by atoms with Crippen LogP contribution >= 0.6 is 15.9 Å². The van der Waals surface area contributed by atoms with E-state index in [0.717, 1.165) is 32.6 Å². The van der Waals surface area contributed by atoms with Crippen LogP contribution in [-0.4, -0.2) is 24.1 Å². The van der Waals surface area contributed by atoms with Gasteiger partial charge < -0.3 is 0 Å². The molecule has 4 nitrogen and oxygen atoms in total. The van der Waals surface area contributed by atoms with Crippen molar-refractivity contribution in [3.8, 4) is 22.5 Å². The molecule has 0 saturated carbocycles. The van der Waals surface area contributed by atoms with E-state index in [1.807, 2.05) is 23.5 Å². The quantitative estimate of drug-likeness (QED) is 0.392. The third kappa shape index (κ3) is 3.25. The van der Waals surface area contributed by atoms with Crippen molar-refractivity contribution < 1.29 is 12.8 Å². The SMILES string of the molecule is Cc1ccc(Br)n2c(-c3ccc(F)cc3)c(-c3ccc(S(C)(=O)=O)cc3)nc12. The maximum atomic E-state index is 13.5. The summed E-state index contributed by atoms with van der Waals surface area (Å²) >= 11 is 3.59. The molecule has 0 spiro atoms. The maximum Gasteiger partial charge on any atom is 0.175 e. The number of pyridine rings is 1. The van der Waals surface area contributed by atoms with Gasteiger partial charge in [-0.2, -0.15) is 0 Å². The Hall–Kier alpha value is -2.51. The van der Waals surface area contributed by atoms with Crippen LogP contribution in [0.25, 0.3) is 28.2 Å². The Morgan fingerprint density at radius 2 is 1.54 bits per heavy atom. The Balaban J connectivity index is 2.03. The molecule has 0 radical (unpaired) electrons. The van der Waals surface area contributed by atoms with Gasteiger partial charge in [0.25, 0.3) is 0 Å². The molecule has 0 aliphatic heterocycles. The Morgan fingerprint density at radius 3 is 2.14 bits per heavy atom. The Morgan fingerprint density at radius 1 is 0.929 bits per heavy atom. The molecule has 0 bridgehead atoms. The molecule has 142 valence electrons. The van der Waals surface area contributed by atoms with Crippen LogP contribution in [0, 0.1) is 12.7 Å². The van der Waals surface area contributed by atoms with E-state index in [1.54, 1.807) is 36.4 Å². The fourth-order valence-corrected chi connectivity index (χ4v) is 4.28. The monoisotopic (exact) mass is 458 g/mol. The van der Waals surface area contributed by atoms with Crippen LogP contribution < -0.4 is 0 Å². The van der Waals surface area contributed by atoms with E-state index >= 15 is 0 Å². The van der Waals surface area contributed by atoms with Gasteiger partial charge in [-0.25, -0.2) is 17.8 Å². The first-order valence-corrected chi connectivity index (χ1v) is 11.2. The Labute approximate surface area is 170 Å². The molecule has 0 saturated heterocycles. The fourth-order valence-electron chi connectivity index (χ4n) is 3.17. The van der Waals surface area contributed by atoms with Crippen molar-refractivity contribution in [2.45, 2.75) is 11.8 Å². The van der Waals surface area contributed by atoms with Crippen molar-refractivity contribution in [3.63, 3.8) is 0 Å². The molecule has 2 aromatic carbocycles. The standard InChI is InChI=1S/C21H16BrFN2O2S/c1-13-3-12-18(22)25-20(15-4-8-16(23)9-5-15)19(24-21(13)25)14-6-10-17(11-7-14)28(2,26)27/h3-12H,1-2H3. The van der Waals surface area contributed by atoms with Crippen molar-refractivity contribution in [2.24, 2.45) is 0 Å². The number of nitrogens with zero attached hydrogens (tertiary/aromatic N) is 2. The smallest absolute Gasteiger partial charge is 0.175 e. The lowest BCUT2D eigenvalue weighted by molar-refractivity contribution is 0.602. The van der Waals surface area contributed by atoms with Gasteiger partial charge in [-0.1, -0.05) is 18.2 Å². The van der Waals surface area contributed by atoms with Gasteiger partial charge in [0, 0.05) is 17.4 Å². The molecule has 0 unspecified atom stereocenters. The minimum atomic E-state index is -3.28. The summed E-state index contributed by atoms with van der Waals surface area (Å²) in [6.07, 6.45) is 1.18. The topological polar surface area (TPSA) is 51.4 Å². The number of aromatic nitrogens is 2. The summed E-state index contributed by atoms with van der Waals surface area (Å²) in [5, 5.41) is 0. The van der Waals surface area contributed by atoms with Gasteiger partial charge in [-0.05, 0) is 70.9 Å². The number of rotatable bonds is 3. The van der Waals surface area contributed by atoms with Crippen molar-refractivity contribution in [1.29, 1.82) is 0 Å². The fraction of sp³-hybridized carbons (Fsp3) is 0.0952. The molecule has 7 heteroatoms. The lowest BCUT2D eigenvalue weighted by atomic mass is 10.0. The molecule has 4 aromatic rings. The van der Waals surface area contributed by atoms with Crippen LogP contribution in [0.5, 0.6) is 0 Å². The minimum Gasteiger partial charge on any atom is -0.286 e. The number of benzene rings is 2. The van der Waals surface area contributed by atoms with Crippen LogP contribution in [0.2, 0.25) is 0 Å². The van der Waals surface area contributed by atoms with E-state index < -0.39 is 9.84 Å². The van der Waals surface area contributed by atoms with Crippen molar-refractivity contribution in [1.82, 2.24) is 9.38 Å². The predicted molar refractivity (Wildman–Crippen MR) is 112 cm³/mol. The Kier molecular flexibility index (Phi) is 4.59. The lowest BCUT2D eigenvalue weighted by Crippen LogP contribution is -1.96. The van der Waals surface area contributed by atoms with Gasteiger partial charge in [-0.3, -0.25) is 4.40 Å². The van der Waals surface area contributed by atoms with E-state index in [4.69, 9.17) is 4.98 Å². The van der Waals surface area contributed by atoms with Gasteiger partial charge in [0.1, 0.15) is 11.5 Å². The van der Waals surface area contributed by atoms with Crippen LogP contribution in [-0.2, 0) is 9.84 Å². The van der Waals surface area contributed by atoms with E-state index in [-0.39, 0.29) is 10.7 Å². The number of fused-ring (bicyclic) bond motifs is 1. The molecule has 2 aromatic heterocycles. The average molecular weight is 459 g/mol. The number of hydrogen-bond donors (Lipinski definition) is 0. The van der Waals surface area contributed by atoms with Crippen molar-refractivity contribution >= 4 is 31.4 Å². The van der Waals surface area contributed by atoms with Crippen LogP contribution in [0.4, 0.5) is 4.39 Å². The normalized spacial score (nSPS) is 11.9. The second-order valence-corrected chi connectivity index (χ2v) is 9.44.